The minimum Gasteiger partial charge on any atom is -0.290 e. The van der Waals surface area contributed by atoms with Crippen molar-refractivity contribution in [2.45, 2.75) is 13.5 Å². The summed E-state index contributed by atoms with van der Waals surface area (Å²) in [4.78, 5) is 14.9. The number of aromatic nitrogens is 2. The summed E-state index contributed by atoms with van der Waals surface area (Å²) >= 11 is 0. The molecule has 3 heteroatoms. The first-order chi connectivity index (χ1) is 7.27. The van der Waals surface area contributed by atoms with Gasteiger partial charge in [-0.15, -0.1) is 0 Å². The maximum Gasteiger partial charge on any atom is 0.251 e. The summed E-state index contributed by atoms with van der Waals surface area (Å²) in [5.41, 5.74) is 0.755. The molecular formula is C12H13N2O+. The standard InChI is InChI=1S/C12H12N2O/c1-10-13-7-8-14(10)9-12(15)11-5-3-2-4-6-11/h2-8H,9H2,1H3/p+1. The van der Waals surface area contributed by atoms with E-state index < -0.39 is 0 Å². The van der Waals surface area contributed by atoms with Gasteiger partial charge in [-0.25, -0.2) is 9.55 Å². The number of H-pyrrole nitrogens is 1. The molecule has 2 aromatic rings. The third kappa shape index (κ3) is 2.13. The van der Waals surface area contributed by atoms with Crippen molar-refractivity contribution in [1.82, 2.24) is 4.98 Å². The van der Waals surface area contributed by atoms with E-state index in [1.807, 2.05) is 54.2 Å². The molecule has 0 unspecified atom stereocenters. The molecule has 0 spiro atoms. The van der Waals surface area contributed by atoms with E-state index in [2.05, 4.69) is 4.98 Å². The van der Waals surface area contributed by atoms with Gasteiger partial charge >= 0.3 is 0 Å². The van der Waals surface area contributed by atoms with Gasteiger partial charge in [0.2, 0.25) is 5.78 Å². The predicted molar refractivity (Wildman–Crippen MR) is 56.5 cm³/mol. The topological polar surface area (TPSA) is 36.7 Å². The zero-order chi connectivity index (χ0) is 10.7. The van der Waals surface area contributed by atoms with Gasteiger partial charge < -0.3 is 0 Å². The van der Waals surface area contributed by atoms with Crippen LogP contribution < -0.4 is 4.57 Å². The molecule has 0 aliphatic carbocycles. The van der Waals surface area contributed by atoms with Crippen molar-refractivity contribution in [1.29, 1.82) is 0 Å². The van der Waals surface area contributed by atoms with Crippen LogP contribution in [0.5, 0.6) is 0 Å². The highest BCUT2D eigenvalue weighted by Crippen LogP contribution is 1.99. The highest BCUT2D eigenvalue weighted by atomic mass is 16.1. The normalized spacial score (nSPS) is 10.2. The first-order valence-electron chi connectivity index (χ1n) is 4.89. The van der Waals surface area contributed by atoms with Gasteiger partial charge in [0.25, 0.3) is 5.82 Å². The van der Waals surface area contributed by atoms with Gasteiger partial charge in [0.1, 0.15) is 12.4 Å². The molecule has 1 aromatic heterocycles. The van der Waals surface area contributed by atoms with Gasteiger partial charge in [-0.1, -0.05) is 30.3 Å². The van der Waals surface area contributed by atoms with Crippen molar-refractivity contribution in [3.8, 4) is 0 Å². The van der Waals surface area contributed by atoms with Crippen molar-refractivity contribution < 1.29 is 9.36 Å². The second-order valence-corrected chi connectivity index (χ2v) is 3.46. The van der Waals surface area contributed by atoms with Crippen LogP contribution in [0.1, 0.15) is 16.2 Å². The van der Waals surface area contributed by atoms with E-state index in [1.165, 1.54) is 0 Å². The van der Waals surface area contributed by atoms with Gasteiger partial charge in [-0.3, -0.25) is 4.79 Å². The quantitative estimate of drug-likeness (QED) is 0.593. The smallest absolute Gasteiger partial charge is 0.251 e. The molecule has 3 nitrogen and oxygen atoms in total. The first-order valence-corrected chi connectivity index (χ1v) is 4.89. The second-order valence-electron chi connectivity index (χ2n) is 3.46. The molecule has 76 valence electrons. The summed E-state index contributed by atoms with van der Waals surface area (Å²) in [6, 6.07) is 9.34. The summed E-state index contributed by atoms with van der Waals surface area (Å²) in [5, 5.41) is 0. The highest BCUT2D eigenvalue weighted by molar-refractivity contribution is 5.94. The number of hydrogen-bond donors (Lipinski definition) is 1. The van der Waals surface area contributed by atoms with Crippen LogP contribution in [0.2, 0.25) is 0 Å². The number of imidazole rings is 1. The average molecular weight is 201 g/mol. The fourth-order valence-electron chi connectivity index (χ4n) is 1.48. The number of carbonyl (C=O) groups is 1. The van der Waals surface area contributed by atoms with Crippen LogP contribution in [-0.4, -0.2) is 10.8 Å². The molecule has 0 bridgehead atoms. The largest absolute Gasteiger partial charge is 0.290 e. The van der Waals surface area contributed by atoms with Gasteiger partial charge in [0.15, 0.2) is 6.54 Å². The number of carbonyl (C=O) groups excluding carboxylic acids is 1. The Labute approximate surface area is 88.4 Å². The summed E-state index contributed by atoms with van der Waals surface area (Å²) in [6.07, 6.45) is 3.70. The van der Waals surface area contributed by atoms with E-state index in [0.29, 0.717) is 6.54 Å². The number of rotatable bonds is 3. The van der Waals surface area contributed by atoms with E-state index in [-0.39, 0.29) is 5.78 Å². The fourth-order valence-corrected chi connectivity index (χ4v) is 1.48. The Morgan fingerprint density at radius 1 is 1.33 bits per heavy atom. The number of ketones is 1. The van der Waals surface area contributed by atoms with Crippen LogP contribution in [0.25, 0.3) is 0 Å². The Balaban J connectivity index is 2.15. The molecule has 0 saturated carbocycles. The molecule has 15 heavy (non-hydrogen) atoms. The van der Waals surface area contributed by atoms with E-state index in [0.717, 1.165) is 11.4 Å². The van der Waals surface area contributed by atoms with Crippen molar-refractivity contribution in [3.63, 3.8) is 0 Å². The Morgan fingerprint density at radius 3 is 2.67 bits per heavy atom. The number of nitrogens with one attached hydrogen (secondary N) is 1. The molecule has 2 rings (SSSR count). The van der Waals surface area contributed by atoms with E-state index in [9.17, 15) is 4.79 Å². The van der Waals surface area contributed by atoms with Gasteiger partial charge in [0.05, 0.1) is 0 Å². The number of Topliss-reactive ketones (excluding diaryl/α,β-unsaturated/α-hetero) is 1. The second kappa shape index (κ2) is 4.09. The van der Waals surface area contributed by atoms with Crippen molar-refractivity contribution >= 4 is 5.78 Å². The minimum absolute atomic E-state index is 0.128. The molecule has 1 heterocycles. The summed E-state index contributed by atoms with van der Waals surface area (Å²) in [5.74, 6) is 1.11. The zero-order valence-electron chi connectivity index (χ0n) is 8.60. The van der Waals surface area contributed by atoms with Gasteiger partial charge in [-0.2, -0.15) is 0 Å². The Bertz CT molecular complexity index is 459. The Morgan fingerprint density at radius 2 is 2.07 bits per heavy atom. The molecule has 1 aromatic carbocycles. The molecular weight excluding hydrogens is 188 g/mol. The lowest BCUT2D eigenvalue weighted by Gasteiger charge is -1.98. The van der Waals surface area contributed by atoms with Crippen LogP contribution in [0, 0.1) is 6.92 Å². The minimum atomic E-state index is 0.128. The van der Waals surface area contributed by atoms with Crippen molar-refractivity contribution in [3.05, 3.63) is 54.1 Å². The summed E-state index contributed by atoms with van der Waals surface area (Å²) in [6.45, 7) is 2.33. The number of hydrogen-bond acceptors (Lipinski definition) is 1. The predicted octanol–water partition coefficient (Wildman–Crippen LogP) is 1.49. The number of aryl methyl sites for hydroxylation is 1. The Kier molecular flexibility index (Phi) is 2.63. The molecule has 0 radical (unpaired) electrons. The van der Waals surface area contributed by atoms with Crippen LogP contribution in [0.3, 0.4) is 0 Å². The van der Waals surface area contributed by atoms with Crippen LogP contribution in [0.4, 0.5) is 0 Å². The molecule has 0 aliphatic heterocycles. The first kappa shape index (κ1) is 9.65. The van der Waals surface area contributed by atoms with E-state index >= 15 is 0 Å². The maximum absolute atomic E-state index is 11.8. The number of aromatic amines is 1. The monoisotopic (exact) mass is 201 g/mol. The zero-order valence-corrected chi connectivity index (χ0v) is 8.60. The lowest BCUT2D eigenvalue weighted by Crippen LogP contribution is -2.38. The number of nitrogens with zero attached hydrogens (tertiary/aromatic N) is 1. The van der Waals surface area contributed by atoms with E-state index in [1.54, 1.807) is 0 Å². The molecule has 0 atom stereocenters. The fraction of sp³-hybridized carbons (Fsp3) is 0.167. The third-order valence-electron chi connectivity index (χ3n) is 2.39. The molecule has 0 fully saturated rings. The van der Waals surface area contributed by atoms with Gasteiger partial charge in [-0.05, 0) is 0 Å². The SMILES string of the molecule is Cc1[nH]cc[n+]1CC(=O)c1ccccc1. The molecule has 1 N–H and O–H groups in total. The molecule has 0 aliphatic rings. The Hall–Kier alpha value is -1.90. The van der Waals surface area contributed by atoms with E-state index in [4.69, 9.17) is 0 Å². The molecule has 0 amide bonds. The third-order valence-corrected chi connectivity index (χ3v) is 2.39. The van der Waals surface area contributed by atoms with Gasteiger partial charge in [0, 0.05) is 12.5 Å². The lowest BCUT2D eigenvalue weighted by molar-refractivity contribution is -0.687. The summed E-state index contributed by atoms with van der Waals surface area (Å²) in [7, 11) is 0. The van der Waals surface area contributed by atoms with Crippen LogP contribution in [0.15, 0.2) is 42.7 Å². The van der Waals surface area contributed by atoms with Crippen molar-refractivity contribution in [2.24, 2.45) is 0 Å². The molecule has 0 saturated heterocycles. The lowest BCUT2D eigenvalue weighted by atomic mass is 10.1. The van der Waals surface area contributed by atoms with Crippen LogP contribution in [-0.2, 0) is 6.54 Å². The summed E-state index contributed by atoms with van der Waals surface area (Å²) < 4.78 is 1.90. The number of benzene rings is 1. The van der Waals surface area contributed by atoms with Crippen molar-refractivity contribution in [2.75, 3.05) is 0 Å². The highest BCUT2D eigenvalue weighted by Gasteiger charge is 2.11. The van der Waals surface area contributed by atoms with Crippen LogP contribution >= 0.6 is 0 Å². The average Bonchev–Trinajstić information content (AvgIpc) is 2.66. The maximum atomic E-state index is 11.8.